The Morgan fingerprint density at radius 1 is 1.00 bits per heavy atom. The zero-order chi connectivity index (χ0) is 26.1. The molecule has 0 saturated carbocycles. The fourth-order valence-corrected chi connectivity index (χ4v) is 4.04. The monoisotopic (exact) mass is 477 g/mol. The fourth-order valence-electron chi connectivity index (χ4n) is 4.04. The molecule has 1 aromatic rings. The van der Waals surface area contributed by atoms with E-state index in [0.29, 0.717) is 5.56 Å². The number of methoxy groups -OCH3 is 1. The van der Waals surface area contributed by atoms with Gasteiger partial charge in [0.15, 0.2) is 0 Å². The van der Waals surface area contributed by atoms with Crippen LogP contribution in [0, 0.1) is 0 Å². The lowest BCUT2D eigenvalue weighted by molar-refractivity contribution is -0.203. The Balaban J connectivity index is 2.79. The van der Waals surface area contributed by atoms with Crippen LogP contribution in [0.15, 0.2) is 30.3 Å². The smallest absolute Gasteiger partial charge is 0.347 e. The molecule has 0 aliphatic carbocycles. The van der Waals surface area contributed by atoms with Crippen LogP contribution in [-0.4, -0.2) is 69.3 Å². The molecule has 0 bridgehead atoms. The molecular weight excluding hydrogens is 442 g/mol. The topological polar surface area (TPSA) is 119 Å². The zero-order valence-electron chi connectivity index (χ0n) is 21.1. The normalized spacial score (nSPS) is 21.1. The minimum Gasteiger partial charge on any atom is -0.467 e. The van der Waals surface area contributed by atoms with Crippen molar-refractivity contribution in [1.29, 1.82) is 0 Å². The third-order valence-corrected chi connectivity index (χ3v) is 5.35. The molecule has 2 atom stereocenters. The van der Waals surface area contributed by atoms with Crippen molar-refractivity contribution in [3.63, 3.8) is 0 Å². The van der Waals surface area contributed by atoms with E-state index >= 15 is 0 Å². The van der Waals surface area contributed by atoms with Crippen LogP contribution in [0.1, 0.15) is 60.5 Å². The van der Waals surface area contributed by atoms with Crippen molar-refractivity contribution in [1.82, 2.24) is 4.90 Å². The van der Waals surface area contributed by atoms with E-state index in [1.165, 1.54) is 6.92 Å². The summed E-state index contributed by atoms with van der Waals surface area (Å²) < 4.78 is 16.0. The van der Waals surface area contributed by atoms with Crippen LogP contribution in [0.2, 0.25) is 0 Å². The van der Waals surface area contributed by atoms with Gasteiger partial charge in [0.25, 0.3) is 5.54 Å². The van der Waals surface area contributed by atoms with Crippen LogP contribution in [0.3, 0.4) is 0 Å². The number of esters is 3. The van der Waals surface area contributed by atoms with Crippen molar-refractivity contribution in [2.24, 2.45) is 0 Å². The Kier molecular flexibility index (Phi) is 7.52. The summed E-state index contributed by atoms with van der Waals surface area (Å²) in [6.45, 7) is 10.7. The van der Waals surface area contributed by atoms with Crippen LogP contribution in [0.25, 0.3) is 0 Å². The standard InChI is InChI=1S/C25H35NO8/c1-22(2,3)33-20(29)25(21(30)34-23(4,5)6)24(7,31)15-18(27)26(25)17(19(28)32-8)14-16-12-10-9-11-13-16/h9-13,17,31H,14-15H2,1-8H3/t17-,24?/m1/s1. The lowest BCUT2D eigenvalue weighted by Gasteiger charge is -2.44. The molecule has 2 rings (SSSR count). The molecule has 9 nitrogen and oxygen atoms in total. The molecule has 1 unspecified atom stereocenters. The minimum atomic E-state index is -2.64. The van der Waals surface area contributed by atoms with Crippen molar-refractivity contribution in [2.45, 2.75) is 89.7 Å². The Hall–Kier alpha value is -2.94. The largest absolute Gasteiger partial charge is 0.467 e. The van der Waals surface area contributed by atoms with Gasteiger partial charge in [0.05, 0.1) is 13.5 Å². The molecule has 188 valence electrons. The minimum absolute atomic E-state index is 0.0668. The summed E-state index contributed by atoms with van der Waals surface area (Å²) in [5.41, 5.74) is -6.37. The fraction of sp³-hybridized carbons (Fsp3) is 0.600. The highest BCUT2D eigenvalue weighted by atomic mass is 16.6. The predicted molar refractivity (Wildman–Crippen MR) is 122 cm³/mol. The summed E-state index contributed by atoms with van der Waals surface area (Å²) in [5.74, 6) is -4.02. The van der Waals surface area contributed by atoms with Crippen LogP contribution in [0.4, 0.5) is 0 Å². The van der Waals surface area contributed by atoms with Crippen LogP contribution >= 0.6 is 0 Å². The van der Waals surface area contributed by atoms with Crippen molar-refractivity contribution >= 4 is 23.8 Å². The highest BCUT2D eigenvalue weighted by Gasteiger charge is 2.74. The second kappa shape index (κ2) is 9.37. The maximum absolute atomic E-state index is 13.7. The van der Waals surface area contributed by atoms with Gasteiger partial charge in [-0.05, 0) is 54.0 Å². The average Bonchev–Trinajstić information content (AvgIpc) is 2.89. The number of nitrogens with zero attached hydrogens (tertiary/aromatic N) is 1. The summed E-state index contributed by atoms with van der Waals surface area (Å²) >= 11 is 0. The van der Waals surface area contributed by atoms with Gasteiger partial charge >= 0.3 is 17.9 Å². The van der Waals surface area contributed by atoms with Crippen LogP contribution < -0.4 is 0 Å². The van der Waals surface area contributed by atoms with Gasteiger partial charge in [0.1, 0.15) is 22.8 Å². The first-order chi connectivity index (χ1) is 15.5. The maximum Gasteiger partial charge on any atom is 0.347 e. The lowest BCUT2D eigenvalue weighted by Crippen LogP contribution is -2.72. The van der Waals surface area contributed by atoms with E-state index in [9.17, 15) is 24.3 Å². The van der Waals surface area contributed by atoms with Gasteiger partial charge in [-0.15, -0.1) is 0 Å². The Morgan fingerprint density at radius 3 is 1.88 bits per heavy atom. The number of aliphatic hydroxyl groups is 1. The molecule has 0 aromatic heterocycles. The third-order valence-electron chi connectivity index (χ3n) is 5.35. The first kappa shape index (κ1) is 27.3. The average molecular weight is 478 g/mol. The molecule has 1 heterocycles. The third kappa shape index (κ3) is 5.41. The molecule has 1 aliphatic heterocycles. The SMILES string of the molecule is COC(=O)[C@@H](Cc1ccccc1)N1C(=O)CC(C)(O)C1(C(=O)OC(C)(C)C)C(=O)OC(C)(C)C. The van der Waals surface area contributed by atoms with E-state index in [0.717, 1.165) is 12.0 Å². The van der Waals surface area contributed by atoms with E-state index in [-0.39, 0.29) is 6.42 Å². The molecule has 1 aromatic carbocycles. The lowest BCUT2D eigenvalue weighted by atomic mass is 9.80. The quantitative estimate of drug-likeness (QED) is 0.376. The number of carbonyl (C=O) groups excluding carboxylic acids is 4. The summed E-state index contributed by atoms with van der Waals surface area (Å²) in [6, 6.07) is 7.35. The number of benzene rings is 1. The number of amides is 1. The summed E-state index contributed by atoms with van der Waals surface area (Å²) in [7, 11) is 1.14. The molecule has 1 saturated heterocycles. The maximum atomic E-state index is 13.7. The van der Waals surface area contributed by atoms with Crippen LogP contribution in [-0.2, 0) is 39.8 Å². The summed E-state index contributed by atoms with van der Waals surface area (Å²) in [6.07, 6.45) is -0.670. The number of rotatable bonds is 6. The first-order valence-corrected chi connectivity index (χ1v) is 11.1. The number of ether oxygens (including phenoxy) is 3. The molecule has 9 heteroatoms. The number of hydrogen-bond donors (Lipinski definition) is 1. The van der Waals surface area contributed by atoms with Gasteiger partial charge in [0, 0.05) is 6.42 Å². The van der Waals surface area contributed by atoms with Crippen LogP contribution in [0.5, 0.6) is 0 Å². The molecule has 0 spiro atoms. The zero-order valence-corrected chi connectivity index (χ0v) is 21.1. The van der Waals surface area contributed by atoms with E-state index in [4.69, 9.17) is 14.2 Å². The molecular formula is C25H35NO8. The van der Waals surface area contributed by atoms with Crippen molar-refractivity contribution in [2.75, 3.05) is 7.11 Å². The van der Waals surface area contributed by atoms with Gasteiger partial charge in [-0.25, -0.2) is 14.4 Å². The van der Waals surface area contributed by atoms with Gasteiger partial charge in [-0.1, -0.05) is 30.3 Å². The van der Waals surface area contributed by atoms with E-state index in [1.54, 1.807) is 71.9 Å². The summed E-state index contributed by atoms with van der Waals surface area (Å²) in [4.78, 5) is 54.5. The predicted octanol–water partition coefficient (Wildman–Crippen LogP) is 2.18. The first-order valence-electron chi connectivity index (χ1n) is 11.1. The van der Waals surface area contributed by atoms with E-state index < -0.39 is 58.6 Å². The van der Waals surface area contributed by atoms with Gasteiger partial charge in [-0.2, -0.15) is 0 Å². The molecule has 34 heavy (non-hydrogen) atoms. The molecule has 1 fully saturated rings. The number of hydrogen-bond acceptors (Lipinski definition) is 8. The molecule has 0 radical (unpaired) electrons. The Labute approximate surface area is 200 Å². The van der Waals surface area contributed by atoms with E-state index in [1.807, 2.05) is 0 Å². The van der Waals surface area contributed by atoms with Crippen molar-refractivity contribution in [3.05, 3.63) is 35.9 Å². The highest BCUT2D eigenvalue weighted by Crippen LogP contribution is 2.45. The molecule has 1 aliphatic rings. The number of likely N-dealkylation sites (tertiary alicyclic amines) is 1. The van der Waals surface area contributed by atoms with E-state index in [2.05, 4.69) is 0 Å². The van der Waals surface area contributed by atoms with Crippen molar-refractivity contribution < 1.29 is 38.5 Å². The summed E-state index contributed by atoms with van der Waals surface area (Å²) in [5, 5.41) is 11.4. The van der Waals surface area contributed by atoms with Gasteiger partial charge in [0.2, 0.25) is 5.91 Å². The Morgan fingerprint density at radius 2 is 1.47 bits per heavy atom. The second-order valence-electron chi connectivity index (χ2n) is 10.7. The highest BCUT2D eigenvalue weighted by molar-refractivity contribution is 6.13. The molecule has 1 amide bonds. The Bertz CT molecular complexity index is 912. The van der Waals surface area contributed by atoms with Gasteiger partial charge in [-0.3, -0.25) is 4.79 Å². The second-order valence-corrected chi connectivity index (χ2v) is 10.7. The number of carbonyl (C=O) groups is 4. The van der Waals surface area contributed by atoms with Crippen molar-refractivity contribution in [3.8, 4) is 0 Å². The molecule has 1 N–H and O–H groups in total. The van der Waals surface area contributed by atoms with Gasteiger partial charge < -0.3 is 24.2 Å².